The molecule has 0 radical (unpaired) electrons. The number of nitrogens with zero attached hydrogens (tertiary/aromatic N) is 2. The fraction of sp³-hybridized carbons (Fsp3) is 0.750. The first kappa shape index (κ1) is 17.4. The van der Waals surface area contributed by atoms with E-state index in [4.69, 9.17) is 0 Å². The van der Waals surface area contributed by atoms with Crippen LogP contribution in [0.25, 0.3) is 0 Å². The van der Waals surface area contributed by atoms with Crippen LogP contribution in [0.15, 0.2) is 10.7 Å². The third kappa shape index (κ3) is 5.78. The molecule has 0 saturated carbocycles. The van der Waals surface area contributed by atoms with E-state index in [0.717, 1.165) is 16.2 Å². The second-order valence-electron chi connectivity index (χ2n) is 6.42. The molecule has 0 spiro atoms. The lowest BCUT2D eigenvalue weighted by Crippen LogP contribution is -2.22. The van der Waals surface area contributed by atoms with Gasteiger partial charge in [0.1, 0.15) is 16.2 Å². The zero-order valence-electron chi connectivity index (χ0n) is 13.5. The third-order valence-electron chi connectivity index (χ3n) is 3.26. The summed E-state index contributed by atoms with van der Waals surface area (Å²) in [6, 6.07) is 2.48. The molecular weight excluding hydrogens is 314 g/mol. The maximum absolute atomic E-state index is 4.68. The van der Waals surface area contributed by atoms with E-state index in [-0.39, 0.29) is 5.41 Å². The molecule has 20 heavy (non-hydrogen) atoms. The molecule has 0 aliphatic rings. The Labute approximate surface area is 132 Å². The molecule has 4 heteroatoms. The van der Waals surface area contributed by atoms with Crippen LogP contribution in [0.2, 0.25) is 0 Å². The molecule has 1 heterocycles. The zero-order valence-corrected chi connectivity index (χ0v) is 15.0. The number of anilines is 1. The Hall–Kier alpha value is -0.640. The first-order chi connectivity index (χ1) is 9.36. The molecule has 1 aromatic rings. The Morgan fingerprint density at radius 1 is 1.15 bits per heavy atom. The maximum atomic E-state index is 4.68. The van der Waals surface area contributed by atoms with Crippen LogP contribution in [0.3, 0.4) is 0 Å². The third-order valence-corrected chi connectivity index (χ3v) is 3.67. The topological polar surface area (TPSA) is 37.8 Å². The van der Waals surface area contributed by atoms with Gasteiger partial charge in [-0.1, -0.05) is 53.9 Å². The average Bonchev–Trinajstić information content (AvgIpc) is 2.34. The lowest BCUT2D eigenvalue weighted by molar-refractivity contribution is 0.538. The predicted molar refractivity (Wildman–Crippen MR) is 90.3 cm³/mol. The molecule has 0 bridgehead atoms. The molecular formula is C16H28BrN3. The van der Waals surface area contributed by atoms with E-state index in [2.05, 4.69) is 65.8 Å². The summed E-state index contributed by atoms with van der Waals surface area (Å²) in [4.78, 5) is 9.17. The van der Waals surface area contributed by atoms with Crippen LogP contribution in [0.5, 0.6) is 0 Å². The minimum Gasteiger partial charge on any atom is -0.367 e. The zero-order chi connectivity index (χ0) is 15.2. The summed E-state index contributed by atoms with van der Waals surface area (Å²) >= 11 is 3.50. The van der Waals surface area contributed by atoms with Gasteiger partial charge in [-0.05, 0) is 28.8 Å². The van der Waals surface area contributed by atoms with Crippen molar-refractivity contribution in [1.29, 1.82) is 0 Å². The fourth-order valence-electron chi connectivity index (χ4n) is 2.12. The van der Waals surface area contributed by atoms with Gasteiger partial charge < -0.3 is 5.32 Å². The number of aromatic nitrogens is 2. The number of rotatable bonds is 7. The largest absolute Gasteiger partial charge is 0.367 e. The minimum atomic E-state index is -0.0378. The lowest BCUT2D eigenvalue weighted by Gasteiger charge is -2.21. The summed E-state index contributed by atoms with van der Waals surface area (Å²) in [6.07, 6.45) is 6.09. The first-order valence-corrected chi connectivity index (χ1v) is 8.47. The molecule has 1 rings (SSSR count). The van der Waals surface area contributed by atoms with Crippen molar-refractivity contribution in [3.8, 4) is 0 Å². The van der Waals surface area contributed by atoms with Crippen molar-refractivity contribution in [3.63, 3.8) is 0 Å². The van der Waals surface area contributed by atoms with Crippen LogP contribution in [-0.2, 0) is 5.41 Å². The Morgan fingerprint density at radius 2 is 1.85 bits per heavy atom. The number of hydrogen-bond acceptors (Lipinski definition) is 3. The van der Waals surface area contributed by atoms with E-state index in [1.807, 2.05) is 6.07 Å². The Balaban J connectivity index is 2.86. The monoisotopic (exact) mass is 341 g/mol. The van der Waals surface area contributed by atoms with Gasteiger partial charge in [-0.25, -0.2) is 9.97 Å². The number of unbranched alkanes of at least 4 members (excludes halogenated alkanes) is 1. The van der Waals surface area contributed by atoms with Crippen molar-refractivity contribution < 1.29 is 0 Å². The SMILES string of the molecule is CCCCC(CCC)Nc1cc(Br)nc(C(C)(C)C)n1. The minimum absolute atomic E-state index is 0.0378. The molecule has 1 N–H and O–H groups in total. The Morgan fingerprint density at radius 3 is 2.40 bits per heavy atom. The van der Waals surface area contributed by atoms with Gasteiger partial charge in [-0.3, -0.25) is 0 Å². The van der Waals surface area contributed by atoms with E-state index in [1.165, 1.54) is 32.1 Å². The molecule has 0 aliphatic carbocycles. The van der Waals surface area contributed by atoms with E-state index < -0.39 is 0 Å². The highest BCUT2D eigenvalue weighted by Gasteiger charge is 2.19. The smallest absolute Gasteiger partial charge is 0.137 e. The normalized spacial score (nSPS) is 13.3. The molecule has 1 atom stereocenters. The summed E-state index contributed by atoms with van der Waals surface area (Å²) in [7, 11) is 0. The summed E-state index contributed by atoms with van der Waals surface area (Å²) < 4.78 is 0.852. The van der Waals surface area contributed by atoms with Gasteiger partial charge in [0.05, 0.1) is 0 Å². The fourth-order valence-corrected chi connectivity index (χ4v) is 2.51. The quantitative estimate of drug-likeness (QED) is 0.683. The Bertz CT molecular complexity index is 413. The summed E-state index contributed by atoms with van der Waals surface area (Å²) in [5.74, 6) is 1.81. The lowest BCUT2D eigenvalue weighted by atomic mass is 9.96. The van der Waals surface area contributed by atoms with Crippen molar-refractivity contribution in [1.82, 2.24) is 9.97 Å². The number of nitrogens with one attached hydrogen (secondary N) is 1. The van der Waals surface area contributed by atoms with Crippen molar-refractivity contribution >= 4 is 21.7 Å². The Kier molecular flexibility index (Phi) is 6.93. The highest BCUT2D eigenvalue weighted by atomic mass is 79.9. The van der Waals surface area contributed by atoms with E-state index >= 15 is 0 Å². The standard InChI is InChI=1S/C16H28BrN3/c1-6-8-10-12(9-7-2)18-14-11-13(17)19-15(20-14)16(3,4)5/h11-12H,6-10H2,1-5H3,(H,18,19,20). The van der Waals surface area contributed by atoms with Gasteiger partial charge in [0.15, 0.2) is 0 Å². The van der Waals surface area contributed by atoms with E-state index in [9.17, 15) is 0 Å². The summed E-state index contributed by atoms with van der Waals surface area (Å²) in [6.45, 7) is 10.9. The van der Waals surface area contributed by atoms with Crippen LogP contribution in [-0.4, -0.2) is 16.0 Å². The number of halogens is 1. The number of hydrogen-bond donors (Lipinski definition) is 1. The average molecular weight is 342 g/mol. The molecule has 3 nitrogen and oxygen atoms in total. The van der Waals surface area contributed by atoms with Crippen molar-refractivity contribution in [2.45, 2.75) is 78.2 Å². The van der Waals surface area contributed by atoms with Crippen LogP contribution < -0.4 is 5.32 Å². The highest BCUT2D eigenvalue weighted by Crippen LogP contribution is 2.23. The highest BCUT2D eigenvalue weighted by molar-refractivity contribution is 9.10. The molecule has 1 unspecified atom stereocenters. The molecule has 114 valence electrons. The first-order valence-electron chi connectivity index (χ1n) is 7.68. The van der Waals surface area contributed by atoms with E-state index in [1.54, 1.807) is 0 Å². The van der Waals surface area contributed by atoms with Crippen LogP contribution in [0.4, 0.5) is 5.82 Å². The van der Waals surface area contributed by atoms with Gasteiger partial charge in [-0.2, -0.15) is 0 Å². The van der Waals surface area contributed by atoms with Gasteiger partial charge in [0.25, 0.3) is 0 Å². The summed E-state index contributed by atoms with van der Waals surface area (Å²) in [5.41, 5.74) is -0.0378. The second kappa shape index (κ2) is 7.96. The van der Waals surface area contributed by atoms with Crippen molar-refractivity contribution in [3.05, 3.63) is 16.5 Å². The van der Waals surface area contributed by atoms with Gasteiger partial charge in [0.2, 0.25) is 0 Å². The maximum Gasteiger partial charge on any atom is 0.137 e. The molecule has 0 saturated heterocycles. The van der Waals surface area contributed by atoms with Crippen molar-refractivity contribution in [2.24, 2.45) is 0 Å². The molecule has 0 aliphatic heterocycles. The van der Waals surface area contributed by atoms with Gasteiger partial charge in [0, 0.05) is 17.5 Å². The van der Waals surface area contributed by atoms with Crippen LogP contribution in [0.1, 0.15) is 72.5 Å². The van der Waals surface area contributed by atoms with Crippen molar-refractivity contribution in [2.75, 3.05) is 5.32 Å². The van der Waals surface area contributed by atoms with Crippen LogP contribution in [0, 0.1) is 0 Å². The molecule has 0 aromatic carbocycles. The predicted octanol–water partition coefficient (Wildman–Crippen LogP) is 5.31. The molecule has 0 fully saturated rings. The molecule has 0 amide bonds. The van der Waals surface area contributed by atoms with Gasteiger partial charge >= 0.3 is 0 Å². The van der Waals surface area contributed by atoms with E-state index in [0.29, 0.717) is 6.04 Å². The van der Waals surface area contributed by atoms with Crippen LogP contribution >= 0.6 is 15.9 Å². The molecule has 1 aromatic heterocycles. The van der Waals surface area contributed by atoms with Gasteiger partial charge in [-0.15, -0.1) is 0 Å². The second-order valence-corrected chi connectivity index (χ2v) is 7.23. The summed E-state index contributed by atoms with van der Waals surface area (Å²) in [5, 5.41) is 3.59.